The highest BCUT2D eigenvalue weighted by molar-refractivity contribution is 6.04. The topological polar surface area (TPSA) is 126 Å². The molecule has 0 aliphatic carbocycles. The van der Waals surface area contributed by atoms with Crippen LogP contribution in [-0.4, -0.2) is 35.3 Å². The number of carbonyl (C=O) groups is 1. The van der Waals surface area contributed by atoms with Gasteiger partial charge in [0.05, 0.1) is 37.4 Å². The summed E-state index contributed by atoms with van der Waals surface area (Å²) in [6, 6.07) is 21.9. The molecular formula is C32H26O8. The Hall–Kier alpha value is -5.24. The number of fused-ring (bicyclic) bond motifs is 1. The van der Waals surface area contributed by atoms with Crippen molar-refractivity contribution in [2.75, 3.05) is 14.2 Å². The number of phenols is 3. The Morgan fingerprint density at radius 2 is 1.35 bits per heavy atom. The number of hydrogen-bond acceptors (Lipinski definition) is 8. The number of ketones is 1. The molecule has 202 valence electrons. The first-order valence-corrected chi connectivity index (χ1v) is 12.4. The van der Waals surface area contributed by atoms with Gasteiger partial charge in [-0.25, -0.2) is 0 Å². The zero-order valence-electron chi connectivity index (χ0n) is 21.7. The smallest absolute Gasteiger partial charge is 0.196 e. The lowest BCUT2D eigenvalue weighted by Crippen LogP contribution is -2.27. The van der Waals surface area contributed by atoms with E-state index in [1.54, 1.807) is 49.6 Å². The summed E-state index contributed by atoms with van der Waals surface area (Å²) in [7, 11) is 2.99. The normalized spacial score (nSPS) is 12.6. The highest BCUT2D eigenvalue weighted by Gasteiger charge is 2.37. The monoisotopic (exact) mass is 538 g/mol. The summed E-state index contributed by atoms with van der Waals surface area (Å²) in [6.45, 7) is 0. The molecule has 3 N–H and O–H groups in total. The maximum absolute atomic E-state index is 14.4. The molecule has 0 amide bonds. The van der Waals surface area contributed by atoms with Crippen molar-refractivity contribution >= 4 is 16.8 Å². The second-order valence-corrected chi connectivity index (χ2v) is 9.27. The molecule has 2 atom stereocenters. The molecule has 0 spiro atoms. The third-order valence-corrected chi connectivity index (χ3v) is 6.93. The van der Waals surface area contributed by atoms with Crippen LogP contribution >= 0.6 is 0 Å². The summed E-state index contributed by atoms with van der Waals surface area (Å²) in [5, 5.41) is 30.8. The number of methoxy groups -OCH3 is 2. The fourth-order valence-electron chi connectivity index (χ4n) is 4.90. The predicted molar refractivity (Wildman–Crippen MR) is 149 cm³/mol. The molecule has 1 aromatic heterocycles. The Bertz CT molecular complexity index is 1740. The Balaban J connectivity index is 1.79. The summed E-state index contributed by atoms with van der Waals surface area (Å²) in [6.07, 6.45) is 1.23. The van der Waals surface area contributed by atoms with Gasteiger partial charge in [0.1, 0.15) is 34.3 Å². The fraction of sp³-hybridized carbons (Fsp3) is 0.125. The molecule has 0 unspecified atom stereocenters. The Kier molecular flexibility index (Phi) is 7.16. The molecule has 0 bridgehead atoms. The molecule has 0 saturated carbocycles. The van der Waals surface area contributed by atoms with Gasteiger partial charge in [0, 0.05) is 23.6 Å². The highest BCUT2D eigenvalue weighted by atomic mass is 16.5. The van der Waals surface area contributed by atoms with Crippen LogP contribution in [0.2, 0.25) is 0 Å². The second-order valence-electron chi connectivity index (χ2n) is 9.27. The molecule has 1 heterocycles. The molecular weight excluding hydrogens is 512 g/mol. The van der Waals surface area contributed by atoms with Gasteiger partial charge >= 0.3 is 0 Å². The molecule has 0 saturated heterocycles. The summed E-state index contributed by atoms with van der Waals surface area (Å²) < 4.78 is 16.3. The molecule has 0 aliphatic rings. The molecule has 5 aromatic rings. The van der Waals surface area contributed by atoms with E-state index in [1.807, 2.05) is 0 Å². The van der Waals surface area contributed by atoms with Crippen molar-refractivity contribution in [3.63, 3.8) is 0 Å². The number of aromatic hydroxyl groups is 3. The summed E-state index contributed by atoms with van der Waals surface area (Å²) >= 11 is 0. The number of hydrogen-bond donors (Lipinski definition) is 3. The van der Waals surface area contributed by atoms with E-state index in [0.717, 1.165) is 0 Å². The first-order valence-electron chi connectivity index (χ1n) is 12.4. The van der Waals surface area contributed by atoms with Crippen LogP contribution in [-0.2, 0) is 0 Å². The standard InChI is InChI=1S/C32H26O8/c1-38-22-10-5-19(6-11-22)29(18-3-7-20(33)8-4-18)30(32(37)24-14-12-23(39-2)16-27(24)35)26-17-40-28-15-21(34)9-13-25(28)31(26)36/h3-17,29-30,33-35H,1-2H3/t29-,30+/m0/s1. The average molecular weight is 539 g/mol. The summed E-state index contributed by atoms with van der Waals surface area (Å²) in [4.78, 5) is 28.3. The fourth-order valence-corrected chi connectivity index (χ4v) is 4.90. The third-order valence-electron chi connectivity index (χ3n) is 6.93. The predicted octanol–water partition coefficient (Wildman–Crippen LogP) is 5.73. The largest absolute Gasteiger partial charge is 0.508 e. The lowest BCUT2D eigenvalue weighted by molar-refractivity contribution is 0.0947. The van der Waals surface area contributed by atoms with Crippen molar-refractivity contribution < 1.29 is 34.0 Å². The third kappa shape index (κ3) is 4.94. The summed E-state index contributed by atoms with van der Waals surface area (Å²) in [5.41, 5.74) is 1.09. The van der Waals surface area contributed by atoms with Crippen LogP contribution < -0.4 is 14.9 Å². The van der Waals surface area contributed by atoms with Crippen molar-refractivity contribution in [3.05, 3.63) is 124 Å². The SMILES string of the molecule is COc1ccc([C@H](c2ccc(O)cc2)[C@H](C(=O)c2ccc(OC)cc2O)c2coc3cc(O)ccc3c2=O)cc1. The van der Waals surface area contributed by atoms with Crippen molar-refractivity contribution in [2.24, 2.45) is 0 Å². The van der Waals surface area contributed by atoms with Crippen LogP contribution in [0.3, 0.4) is 0 Å². The molecule has 40 heavy (non-hydrogen) atoms. The number of Topliss-reactive ketones (excluding diaryl/α,β-unsaturated/α-hetero) is 1. The van der Waals surface area contributed by atoms with Gasteiger partial charge in [-0.15, -0.1) is 0 Å². The van der Waals surface area contributed by atoms with E-state index in [0.29, 0.717) is 22.6 Å². The van der Waals surface area contributed by atoms with Crippen molar-refractivity contribution in [3.8, 4) is 28.7 Å². The first-order chi connectivity index (χ1) is 19.3. The van der Waals surface area contributed by atoms with E-state index in [1.165, 1.54) is 55.8 Å². The lowest BCUT2D eigenvalue weighted by atomic mass is 9.73. The first kappa shape index (κ1) is 26.4. The zero-order valence-corrected chi connectivity index (χ0v) is 21.7. The average Bonchev–Trinajstić information content (AvgIpc) is 2.97. The lowest BCUT2D eigenvalue weighted by Gasteiger charge is -2.28. The zero-order chi connectivity index (χ0) is 28.4. The van der Waals surface area contributed by atoms with Crippen LogP contribution in [0.1, 0.15) is 38.9 Å². The number of benzene rings is 4. The Morgan fingerprint density at radius 3 is 1.98 bits per heavy atom. The van der Waals surface area contributed by atoms with E-state index in [-0.39, 0.29) is 39.3 Å². The minimum Gasteiger partial charge on any atom is -0.508 e. The van der Waals surface area contributed by atoms with Crippen LogP contribution in [0.5, 0.6) is 28.7 Å². The molecule has 8 heteroatoms. The van der Waals surface area contributed by atoms with Gasteiger partial charge in [0.15, 0.2) is 11.2 Å². The molecule has 4 aromatic carbocycles. The van der Waals surface area contributed by atoms with Crippen LogP contribution in [0, 0.1) is 0 Å². The highest BCUT2D eigenvalue weighted by Crippen LogP contribution is 2.42. The molecule has 8 nitrogen and oxygen atoms in total. The van der Waals surface area contributed by atoms with Gasteiger partial charge in [-0.05, 0) is 59.7 Å². The number of phenolic OH excluding ortho intramolecular Hbond substituents is 3. The number of rotatable bonds is 8. The van der Waals surface area contributed by atoms with Gasteiger partial charge < -0.3 is 29.2 Å². The second kappa shape index (κ2) is 10.9. The van der Waals surface area contributed by atoms with Gasteiger partial charge in [-0.3, -0.25) is 9.59 Å². The van der Waals surface area contributed by atoms with Crippen LogP contribution in [0.4, 0.5) is 0 Å². The Labute approximate surface area is 229 Å². The van der Waals surface area contributed by atoms with Crippen molar-refractivity contribution in [2.45, 2.75) is 11.8 Å². The van der Waals surface area contributed by atoms with Gasteiger partial charge in [0.25, 0.3) is 0 Å². The summed E-state index contributed by atoms with van der Waals surface area (Å²) in [5.74, 6) is -1.79. The van der Waals surface area contributed by atoms with E-state index >= 15 is 0 Å². The van der Waals surface area contributed by atoms with Crippen LogP contribution in [0.25, 0.3) is 11.0 Å². The minimum absolute atomic E-state index is 0.00621. The quantitative estimate of drug-likeness (QED) is 0.214. The molecule has 5 rings (SSSR count). The van der Waals surface area contributed by atoms with Gasteiger partial charge in [0.2, 0.25) is 0 Å². The minimum atomic E-state index is -1.16. The molecule has 0 aliphatic heterocycles. The van der Waals surface area contributed by atoms with E-state index in [9.17, 15) is 24.9 Å². The van der Waals surface area contributed by atoms with E-state index < -0.39 is 23.0 Å². The van der Waals surface area contributed by atoms with E-state index in [4.69, 9.17) is 13.9 Å². The molecule has 0 radical (unpaired) electrons. The van der Waals surface area contributed by atoms with Crippen molar-refractivity contribution in [1.29, 1.82) is 0 Å². The van der Waals surface area contributed by atoms with Gasteiger partial charge in [-0.2, -0.15) is 0 Å². The maximum atomic E-state index is 14.4. The maximum Gasteiger partial charge on any atom is 0.196 e. The van der Waals surface area contributed by atoms with E-state index in [2.05, 4.69) is 0 Å². The molecule has 0 fully saturated rings. The Morgan fingerprint density at radius 1 is 0.750 bits per heavy atom. The number of ether oxygens (including phenoxy) is 2. The number of carbonyl (C=O) groups excluding carboxylic acids is 1. The van der Waals surface area contributed by atoms with Gasteiger partial charge in [-0.1, -0.05) is 24.3 Å². The van der Waals surface area contributed by atoms with Crippen LogP contribution in [0.15, 0.2) is 100 Å². The van der Waals surface area contributed by atoms with Crippen molar-refractivity contribution in [1.82, 2.24) is 0 Å².